The number of benzene rings is 1. The van der Waals surface area contributed by atoms with E-state index in [-0.39, 0.29) is 24.0 Å². The normalized spacial score (nSPS) is 17.9. The molecule has 1 heterocycles. The molecule has 0 spiro atoms. The highest BCUT2D eigenvalue weighted by atomic mass is 127. The molecule has 2 rings (SSSR count). The van der Waals surface area contributed by atoms with Crippen LogP contribution in [0.1, 0.15) is 32.3 Å². The van der Waals surface area contributed by atoms with Crippen LogP contribution in [0.4, 0.5) is 0 Å². The first kappa shape index (κ1) is 22.0. The molecule has 0 amide bonds. The molecule has 1 unspecified atom stereocenters. The van der Waals surface area contributed by atoms with Crippen LogP contribution in [0.3, 0.4) is 0 Å². The lowest BCUT2D eigenvalue weighted by Gasteiger charge is -2.17. The van der Waals surface area contributed by atoms with Gasteiger partial charge in [0.15, 0.2) is 5.96 Å². The van der Waals surface area contributed by atoms with Crippen molar-refractivity contribution in [3.8, 4) is 5.75 Å². The van der Waals surface area contributed by atoms with E-state index in [4.69, 9.17) is 9.73 Å². The Bertz CT molecular complexity index is 524. The number of nitrogens with zero attached hydrogens (tertiary/aromatic N) is 2. The molecule has 1 saturated heterocycles. The number of halogens is 1. The summed E-state index contributed by atoms with van der Waals surface area (Å²) in [6.07, 6.45) is 2.52. The molecule has 5 nitrogen and oxygen atoms in total. The molecule has 25 heavy (non-hydrogen) atoms. The van der Waals surface area contributed by atoms with Crippen molar-refractivity contribution in [3.63, 3.8) is 0 Å². The standard InChI is InChI=1S/C19H32N4O.HI/c1-4-10-23-11-9-17(15-23)14-22-19(20-5-2)21-13-16-7-6-8-18(12-16)24-3;/h6-8,12,17H,4-5,9-11,13-15H2,1-3H3,(H2,20,21,22);1H. The molecule has 0 bridgehead atoms. The summed E-state index contributed by atoms with van der Waals surface area (Å²) in [4.78, 5) is 7.26. The molecule has 0 aromatic heterocycles. The number of hydrogen-bond acceptors (Lipinski definition) is 3. The van der Waals surface area contributed by atoms with Gasteiger partial charge in [0, 0.05) is 19.6 Å². The predicted octanol–water partition coefficient (Wildman–Crippen LogP) is 3.10. The molecule has 1 aromatic rings. The number of methoxy groups -OCH3 is 1. The summed E-state index contributed by atoms with van der Waals surface area (Å²) >= 11 is 0. The van der Waals surface area contributed by atoms with Crippen molar-refractivity contribution >= 4 is 29.9 Å². The van der Waals surface area contributed by atoms with Crippen molar-refractivity contribution in [3.05, 3.63) is 29.8 Å². The van der Waals surface area contributed by atoms with Crippen LogP contribution in [0.5, 0.6) is 5.75 Å². The molecule has 6 heteroatoms. The number of likely N-dealkylation sites (tertiary alicyclic amines) is 1. The van der Waals surface area contributed by atoms with Gasteiger partial charge < -0.3 is 20.3 Å². The second kappa shape index (κ2) is 12.4. The molecule has 1 aliphatic rings. The molecule has 0 aliphatic carbocycles. The summed E-state index contributed by atoms with van der Waals surface area (Å²) in [6.45, 7) is 10.5. The van der Waals surface area contributed by atoms with Crippen molar-refractivity contribution < 1.29 is 4.74 Å². The Hall–Kier alpha value is -1.02. The second-order valence-electron chi connectivity index (χ2n) is 6.38. The highest BCUT2D eigenvalue weighted by molar-refractivity contribution is 14.0. The van der Waals surface area contributed by atoms with Gasteiger partial charge in [-0.2, -0.15) is 0 Å². The molecular formula is C19H33IN4O. The number of hydrogen-bond donors (Lipinski definition) is 2. The Kier molecular flexibility index (Phi) is 10.9. The molecule has 0 radical (unpaired) electrons. The first-order valence-corrected chi connectivity index (χ1v) is 9.12. The minimum Gasteiger partial charge on any atom is -0.497 e. The van der Waals surface area contributed by atoms with Crippen LogP contribution in [0.2, 0.25) is 0 Å². The number of aliphatic imine (C=N–C) groups is 1. The summed E-state index contributed by atoms with van der Waals surface area (Å²) in [5.74, 6) is 2.49. The first-order chi connectivity index (χ1) is 11.7. The molecule has 1 fully saturated rings. The minimum atomic E-state index is 0. The third-order valence-electron chi connectivity index (χ3n) is 4.37. The first-order valence-electron chi connectivity index (χ1n) is 9.12. The van der Waals surface area contributed by atoms with Crippen molar-refractivity contribution in [2.24, 2.45) is 10.9 Å². The average Bonchev–Trinajstić information content (AvgIpc) is 3.05. The van der Waals surface area contributed by atoms with Crippen LogP contribution < -0.4 is 15.4 Å². The minimum absolute atomic E-state index is 0. The summed E-state index contributed by atoms with van der Waals surface area (Å²) < 4.78 is 5.27. The van der Waals surface area contributed by atoms with Crippen LogP contribution in [-0.4, -0.2) is 50.7 Å². The average molecular weight is 460 g/mol. The number of nitrogens with one attached hydrogen (secondary N) is 2. The van der Waals surface area contributed by atoms with E-state index in [9.17, 15) is 0 Å². The number of rotatable bonds is 8. The van der Waals surface area contributed by atoms with E-state index in [0.29, 0.717) is 6.54 Å². The van der Waals surface area contributed by atoms with Crippen molar-refractivity contribution in [1.82, 2.24) is 15.5 Å². The quantitative estimate of drug-likeness (QED) is 0.356. The Balaban J connectivity index is 0.00000312. The highest BCUT2D eigenvalue weighted by Crippen LogP contribution is 2.15. The zero-order chi connectivity index (χ0) is 17.2. The largest absolute Gasteiger partial charge is 0.497 e. The molecular weight excluding hydrogens is 427 g/mol. The molecule has 2 N–H and O–H groups in total. The molecule has 142 valence electrons. The van der Waals surface area contributed by atoms with Gasteiger partial charge in [-0.1, -0.05) is 19.1 Å². The number of guanidine groups is 1. The Morgan fingerprint density at radius 1 is 1.32 bits per heavy atom. The van der Waals surface area contributed by atoms with Crippen LogP contribution in [-0.2, 0) is 6.54 Å². The Morgan fingerprint density at radius 3 is 2.88 bits per heavy atom. The maximum atomic E-state index is 5.27. The fourth-order valence-corrected chi connectivity index (χ4v) is 3.12. The predicted molar refractivity (Wildman–Crippen MR) is 116 cm³/mol. The van der Waals surface area contributed by atoms with Gasteiger partial charge in [-0.05, 0) is 56.5 Å². The van der Waals surface area contributed by atoms with Gasteiger partial charge in [-0.25, -0.2) is 4.99 Å². The molecule has 1 aliphatic heterocycles. The molecule has 0 saturated carbocycles. The van der Waals surface area contributed by atoms with E-state index >= 15 is 0 Å². The van der Waals surface area contributed by atoms with E-state index in [2.05, 4.69) is 35.4 Å². The van der Waals surface area contributed by atoms with Crippen LogP contribution in [0.25, 0.3) is 0 Å². The van der Waals surface area contributed by atoms with Gasteiger partial charge in [0.1, 0.15) is 5.75 Å². The molecule has 1 atom stereocenters. The molecule has 1 aromatic carbocycles. The van der Waals surface area contributed by atoms with Gasteiger partial charge in [0.25, 0.3) is 0 Å². The summed E-state index contributed by atoms with van der Waals surface area (Å²) in [5.41, 5.74) is 1.15. The van der Waals surface area contributed by atoms with Gasteiger partial charge >= 0.3 is 0 Å². The third-order valence-corrected chi connectivity index (χ3v) is 4.37. The zero-order valence-corrected chi connectivity index (χ0v) is 18.1. The van der Waals surface area contributed by atoms with E-state index in [1.807, 2.05) is 18.2 Å². The maximum absolute atomic E-state index is 5.27. The SMILES string of the molecule is CCCN1CCC(CNC(=NCc2cccc(OC)c2)NCC)C1.I. The number of ether oxygens (including phenoxy) is 1. The topological polar surface area (TPSA) is 48.9 Å². The second-order valence-corrected chi connectivity index (χ2v) is 6.38. The van der Waals surface area contributed by atoms with E-state index in [1.54, 1.807) is 7.11 Å². The Morgan fingerprint density at radius 2 is 2.16 bits per heavy atom. The highest BCUT2D eigenvalue weighted by Gasteiger charge is 2.21. The monoisotopic (exact) mass is 460 g/mol. The summed E-state index contributed by atoms with van der Waals surface area (Å²) in [5, 5.41) is 6.84. The lowest BCUT2D eigenvalue weighted by atomic mass is 10.1. The van der Waals surface area contributed by atoms with Gasteiger partial charge in [0.2, 0.25) is 0 Å². The third kappa shape index (κ3) is 7.81. The summed E-state index contributed by atoms with van der Waals surface area (Å²) in [6, 6.07) is 8.07. The van der Waals surface area contributed by atoms with E-state index in [1.165, 1.54) is 32.5 Å². The van der Waals surface area contributed by atoms with Crippen molar-refractivity contribution in [2.45, 2.75) is 33.2 Å². The van der Waals surface area contributed by atoms with Crippen LogP contribution in [0.15, 0.2) is 29.3 Å². The fraction of sp³-hybridized carbons (Fsp3) is 0.632. The summed E-state index contributed by atoms with van der Waals surface area (Å²) in [7, 11) is 1.69. The van der Waals surface area contributed by atoms with E-state index in [0.717, 1.165) is 36.3 Å². The van der Waals surface area contributed by atoms with Crippen LogP contribution in [0, 0.1) is 5.92 Å². The maximum Gasteiger partial charge on any atom is 0.191 e. The smallest absolute Gasteiger partial charge is 0.191 e. The van der Waals surface area contributed by atoms with Crippen LogP contribution >= 0.6 is 24.0 Å². The fourth-order valence-electron chi connectivity index (χ4n) is 3.12. The van der Waals surface area contributed by atoms with Crippen molar-refractivity contribution in [1.29, 1.82) is 0 Å². The van der Waals surface area contributed by atoms with Crippen molar-refractivity contribution in [2.75, 3.05) is 39.8 Å². The lowest BCUT2D eigenvalue weighted by Crippen LogP contribution is -2.40. The van der Waals surface area contributed by atoms with Gasteiger partial charge in [-0.15, -0.1) is 24.0 Å². The van der Waals surface area contributed by atoms with Gasteiger partial charge in [0.05, 0.1) is 13.7 Å². The van der Waals surface area contributed by atoms with Gasteiger partial charge in [-0.3, -0.25) is 0 Å². The zero-order valence-electron chi connectivity index (χ0n) is 15.8. The van der Waals surface area contributed by atoms with E-state index < -0.39 is 0 Å². The Labute approximate surface area is 169 Å². The lowest BCUT2D eigenvalue weighted by molar-refractivity contribution is 0.324.